The number of carbonyl (C=O) groups excluding carboxylic acids is 1. The van der Waals surface area contributed by atoms with Crippen molar-refractivity contribution >= 4 is 28.8 Å². The monoisotopic (exact) mass is 376 g/mol. The van der Waals surface area contributed by atoms with Crippen LogP contribution in [0.15, 0.2) is 41.8 Å². The van der Waals surface area contributed by atoms with Crippen LogP contribution in [0.1, 0.15) is 30.2 Å². The molecule has 0 bridgehead atoms. The number of hydrogen-bond donors (Lipinski definition) is 1. The van der Waals surface area contributed by atoms with Gasteiger partial charge in [-0.1, -0.05) is 35.9 Å². The molecule has 1 aromatic carbocycles. The maximum absolute atomic E-state index is 12.5. The molecule has 134 valence electrons. The number of rotatable bonds is 6. The summed E-state index contributed by atoms with van der Waals surface area (Å²) in [5, 5.41) is 6.10. The summed E-state index contributed by atoms with van der Waals surface area (Å²) in [7, 11) is 0. The Morgan fingerprint density at radius 1 is 1.28 bits per heavy atom. The number of hydrogen-bond acceptors (Lipinski definition) is 3. The fraction of sp³-hybridized carbons (Fsp3) is 0.450. The third-order valence-electron chi connectivity index (χ3n) is 4.79. The highest BCUT2D eigenvalue weighted by Gasteiger charge is 2.26. The van der Waals surface area contributed by atoms with Crippen molar-refractivity contribution in [3.05, 3.63) is 57.2 Å². The minimum atomic E-state index is 0.133. The number of nitrogens with one attached hydrogen (secondary N) is 1. The topological polar surface area (TPSA) is 32.3 Å². The average Bonchev–Trinajstić information content (AvgIpc) is 3.10. The molecule has 0 saturated carbocycles. The van der Waals surface area contributed by atoms with Crippen molar-refractivity contribution in [3.8, 4) is 0 Å². The molecule has 0 aliphatic carbocycles. The summed E-state index contributed by atoms with van der Waals surface area (Å²) in [5.41, 5.74) is 1.16. The van der Waals surface area contributed by atoms with Crippen molar-refractivity contribution in [1.82, 2.24) is 10.2 Å². The lowest BCUT2D eigenvalue weighted by Crippen LogP contribution is -2.43. The zero-order valence-electron chi connectivity index (χ0n) is 14.6. The first kappa shape index (κ1) is 18.4. The van der Waals surface area contributed by atoms with Gasteiger partial charge >= 0.3 is 0 Å². The van der Waals surface area contributed by atoms with E-state index in [1.807, 2.05) is 18.2 Å². The molecule has 25 heavy (non-hydrogen) atoms. The minimum Gasteiger partial charge on any atom is -0.353 e. The molecule has 1 atom stereocenters. The first-order valence-electron chi connectivity index (χ1n) is 8.90. The molecule has 1 unspecified atom stereocenters. The molecule has 1 aliphatic rings. The lowest BCUT2D eigenvalue weighted by Gasteiger charge is -2.32. The smallest absolute Gasteiger partial charge is 0.223 e. The lowest BCUT2D eigenvalue weighted by atomic mass is 9.95. The van der Waals surface area contributed by atoms with E-state index in [1.54, 1.807) is 11.3 Å². The van der Waals surface area contributed by atoms with Gasteiger partial charge in [-0.05, 0) is 55.9 Å². The quantitative estimate of drug-likeness (QED) is 0.812. The summed E-state index contributed by atoms with van der Waals surface area (Å²) in [6, 6.07) is 12.4. The van der Waals surface area contributed by atoms with Crippen LogP contribution in [-0.2, 0) is 17.8 Å². The number of benzene rings is 1. The summed E-state index contributed by atoms with van der Waals surface area (Å²) in [5.74, 6) is 0.342. The highest BCUT2D eigenvalue weighted by atomic mass is 35.5. The van der Waals surface area contributed by atoms with Gasteiger partial charge in [-0.15, -0.1) is 11.3 Å². The van der Waals surface area contributed by atoms with Gasteiger partial charge in [0.05, 0.1) is 0 Å². The van der Waals surface area contributed by atoms with Crippen LogP contribution in [0, 0.1) is 5.92 Å². The van der Waals surface area contributed by atoms with Crippen molar-refractivity contribution in [2.45, 2.75) is 38.8 Å². The lowest BCUT2D eigenvalue weighted by molar-refractivity contribution is -0.127. The van der Waals surface area contributed by atoms with E-state index in [4.69, 9.17) is 11.6 Å². The molecule has 3 nitrogen and oxygen atoms in total. The van der Waals surface area contributed by atoms with Crippen LogP contribution >= 0.6 is 22.9 Å². The fourth-order valence-corrected chi connectivity index (χ4v) is 4.39. The number of thiophene rings is 1. The molecule has 1 aromatic heterocycles. The standard InChI is InChI=1S/C20H25ClN2OS/c1-15(13-18-6-4-12-25-18)22-20(24)16-8-10-23(11-9-16)14-17-5-2-3-7-19(17)21/h2-7,12,15-16H,8-11,13-14H2,1H3,(H,22,24). The van der Waals surface area contributed by atoms with Crippen molar-refractivity contribution in [2.75, 3.05) is 13.1 Å². The van der Waals surface area contributed by atoms with Crippen molar-refractivity contribution in [3.63, 3.8) is 0 Å². The zero-order chi connectivity index (χ0) is 17.6. The Morgan fingerprint density at radius 3 is 2.72 bits per heavy atom. The van der Waals surface area contributed by atoms with Crippen LogP contribution in [0.25, 0.3) is 0 Å². The predicted octanol–water partition coefficient (Wildman–Crippen LogP) is 4.36. The largest absolute Gasteiger partial charge is 0.353 e. The highest BCUT2D eigenvalue weighted by Crippen LogP contribution is 2.22. The Labute approximate surface area is 159 Å². The van der Waals surface area contributed by atoms with Gasteiger partial charge in [0.1, 0.15) is 0 Å². The predicted molar refractivity (Wildman–Crippen MR) is 105 cm³/mol. The van der Waals surface area contributed by atoms with E-state index in [0.717, 1.165) is 49.5 Å². The van der Waals surface area contributed by atoms with E-state index in [0.29, 0.717) is 0 Å². The minimum absolute atomic E-state index is 0.133. The first-order chi connectivity index (χ1) is 12.1. The normalized spacial score (nSPS) is 17.4. The maximum Gasteiger partial charge on any atom is 0.223 e. The SMILES string of the molecule is CC(Cc1cccs1)NC(=O)C1CCN(Cc2ccccc2Cl)CC1. The fourth-order valence-electron chi connectivity index (χ4n) is 3.36. The summed E-state index contributed by atoms with van der Waals surface area (Å²) in [6.45, 7) is 4.85. The van der Waals surface area contributed by atoms with E-state index in [9.17, 15) is 4.79 Å². The molecule has 1 amide bonds. The molecule has 1 aliphatic heterocycles. The maximum atomic E-state index is 12.5. The second-order valence-corrected chi connectivity index (χ2v) is 8.27. The van der Waals surface area contributed by atoms with Crippen LogP contribution in [0.5, 0.6) is 0 Å². The van der Waals surface area contributed by atoms with E-state index in [2.05, 4.69) is 40.7 Å². The molecule has 0 spiro atoms. The Bertz CT molecular complexity index is 681. The molecule has 2 aromatic rings. The van der Waals surface area contributed by atoms with Crippen molar-refractivity contribution in [1.29, 1.82) is 0 Å². The Hall–Kier alpha value is -1.36. The zero-order valence-corrected chi connectivity index (χ0v) is 16.2. The number of halogens is 1. The summed E-state index contributed by atoms with van der Waals surface area (Å²) >= 11 is 8.00. The van der Waals surface area contributed by atoms with E-state index >= 15 is 0 Å². The van der Waals surface area contributed by atoms with Gasteiger partial charge in [0, 0.05) is 34.8 Å². The van der Waals surface area contributed by atoms with E-state index < -0.39 is 0 Å². The molecular weight excluding hydrogens is 352 g/mol. The molecule has 1 fully saturated rings. The second kappa shape index (κ2) is 8.84. The van der Waals surface area contributed by atoms with Gasteiger partial charge in [0.25, 0.3) is 0 Å². The highest BCUT2D eigenvalue weighted by molar-refractivity contribution is 7.09. The van der Waals surface area contributed by atoms with E-state index in [-0.39, 0.29) is 17.9 Å². The molecule has 5 heteroatoms. The number of carbonyl (C=O) groups is 1. The summed E-state index contributed by atoms with van der Waals surface area (Å²) in [6.07, 6.45) is 2.75. The van der Waals surface area contributed by atoms with Gasteiger partial charge in [0.15, 0.2) is 0 Å². The van der Waals surface area contributed by atoms with Gasteiger partial charge in [-0.3, -0.25) is 9.69 Å². The molecule has 2 heterocycles. The molecule has 3 rings (SSSR count). The molecule has 1 N–H and O–H groups in total. The van der Waals surface area contributed by atoms with Crippen LogP contribution in [0.2, 0.25) is 5.02 Å². The van der Waals surface area contributed by atoms with Gasteiger partial charge in [-0.25, -0.2) is 0 Å². The number of likely N-dealkylation sites (tertiary alicyclic amines) is 1. The van der Waals surface area contributed by atoms with Crippen LogP contribution < -0.4 is 5.32 Å². The van der Waals surface area contributed by atoms with Gasteiger partial charge in [0.2, 0.25) is 5.91 Å². The van der Waals surface area contributed by atoms with E-state index in [1.165, 1.54) is 4.88 Å². The first-order valence-corrected chi connectivity index (χ1v) is 10.2. The third-order valence-corrected chi connectivity index (χ3v) is 6.05. The summed E-state index contributed by atoms with van der Waals surface area (Å²) < 4.78 is 0. The second-order valence-electron chi connectivity index (χ2n) is 6.83. The molecular formula is C20H25ClN2OS. The van der Waals surface area contributed by atoms with Gasteiger partial charge < -0.3 is 5.32 Å². The number of amides is 1. The Morgan fingerprint density at radius 2 is 2.04 bits per heavy atom. The number of nitrogens with zero attached hydrogens (tertiary/aromatic N) is 1. The molecule has 0 radical (unpaired) electrons. The third kappa shape index (κ3) is 5.30. The van der Waals surface area contributed by atoms with Crippen LogP contribution in [0.3, 0.4) is 0 Å². The van der Waals surface area contributed by atoms with Crippen LogP contribution in [0.4, 0.5) is 0 Å². The van der Waals surface area contributed by atoms with Crippen LogP contribution in [-0.4, -0.2) is 29.9 Å². The average molecular weight is 377 g/mol. The number of piperidine rings is 1. The van der Waals surface area contributed by atoms with Gasteiger partial charge in [-0.2, -0.15) is 0 Å². The Balaban J connectivity index is 1.43. The molecule has 1 saturated heterocycles. The van der Waals surface area contributed by atoms with Crippen molar-refractivity contribution < 1.29 is 4.79 Å². The van der Waals surface area contributed by atoms with Crippen molar-refractivity contribution in [2.24, 2.45) is 5.92 Å². The Kier molecular flexibility index (Phi) is 6.51. The summed E-state index contributed by atoms with van der Waals surface area (Å²) in [4.78, 5) is 16.2.